The molecule has 0 bridgehead atoms. The van der Waals surface area contributed by atoms with Crippen LogP contribution in [0.25, 0.3) is 0 Å². The average molecular weight is 165 g/mol. The number of nitrogens with zero attached hydrogens (tertiary/aromatic N) is 1. The summed E-state index contributed by atoms with van der Waals surface area (Å²) >= 11 is 0. The number of hydrogen-bond donors (Lipinski definition) is 0. The smallest absolute Gasteiger partial charge is 0.153 e. The molecule has 0 aliphatic heterocycles. The Kier molecular flexibility index (Phi) is 2.52. The number of carbonyl (C=O) groups is 1. The lowest BCUT2D eigenvalue weighted by molar-refractivity contribution is -0.130. The van der Waals surface area contributed by atoms with E-state index < -0.39 is 5.41 Å². The highest BCUT2D eigenvalue weighted by Gasteiger charge is 2.43. The minimum absolute atomic E-state index is 0.159. The molecule has 1 fully saturated rings. The van der Waals surface area contributed by atoms with Crippen molar-refractivity contribution < 1.29 is 4.79 Å². The van der Waals surface area contributed by atoms with E-state index in [0.29, 0.717) is 12.3 Å². The molecule has 0 radical (unpaired) electrons. The van der Waals surface area contributed by atoms with Crippen molar-refractivity contribution in [3.05, 3.63) is 0 Å². The van der Waals surface area contributed by atoms with Crippen LogP contribution in [0.5, 0.6) is 0 Å². The molecule has 1 aliphatic rings. The van der Waals surface area contributed by atoms with Gasteiger partial charge in [-0.2, -0.15) is 5.26 Å². The summed E-state index contributed by atoms with van der Waals surface area (Å²) in [5.41, 5.74) is -0.579. The summed E-state index contributed by atoms with van der Waals surface area (Å²) in [6.45, 7) is 4.03. The van der Waals surface area contributed by atoms with E-state index in [-0.39, 0.29) is 5.78 Å². The maximum absolute atomic E-state index is 11.6. The topological polar surface area (TPSA) is 40.9 Å². The fraction of sp³-hybridized carbons (Fsp3) is 0.800. The largest absolute Gasteiger partial charge is 0.298 e. The second-order valence-electron chi connectivity index (χ2n) is 4.07. The Morgan fingerprint density at radius 1 is 1.58 bits per heavy atom. The third-order valence-corrected chi connectivity index (χ3v) is 2.55. The van der Waals surface area contributed by atoms with Gasteiger partial charge in [0.2, 0.25) is 0 Å². The fourth-order valence-electron chi connectivity index (χ4n) is 1.55. The summed E-state index contributed by atoms with van der Waals surface area (Å²) in [4.78, 5) is 11.6. The van der Waals surface area contributed by atoms with Gasteiger partial charge in [0.15, 0.2) is 5.78 Å². The van der Waals surface area contributed by atoms with Gasteiger partial charge in [0.25, 0.3) is 0 Å². The first-order chi connectivity index (χ1) is 5.60. The minimum Gasteiger partial charge on any atom is -0.298 e. The van der Waals surface area contributed by atoms with Gasteiger partial charge < -0.3 is 0 Å². The summed E-state index contributed by atoms with van der Waals surface area (Å²) in [6, 6.07) is 2.17. The Labute approximate surface area is 73.6 Å². The van der Waals surface area contributed by atoms with E-state index in [1.165, 1.54) is 0 Å². The summed E-state index contributed by atoms with van der Waals surface area (Å²) in [5, 5.41) is 8.85. The Balaban J connectivity index is 2.57. The quantitative estimate of drug-likeness (QED) is 0.643. The number of hydrogen-bond acceptors (Lipinski definition) is 2. The lowest BCUT2D eigenvalue weighted by atomic mass is 9.66. The van der Waals surface area contributed by atoms with Crippen LogP contribution in [0.4, 0.5) is 0 Å². The van der Waals surface area contributed by atoms with Crippen LogP contribution in [0, 0.1) is 22.7 Å². The van der Waals surface area contributed by atoms with Gasteiger partial charge in [0.1, 0.15) is 5.41 Å². The van der Waals surface area contributed by atoms with E-state index in [1.54, 1.807) is 0 Å². The highest BCUT2D eigenvalue weighted by molar-refractivity contribution is 5.88. The van der Waals surface area contributed by atoms with Gasteiger partial charge >= 0.3 is 0 Å². The molecule has 0 saturated heterocycles. The third-order valence-electron chi connectivity index (χ3n) is 2.55. The van der Waals surface area contributed by atoms with Crippen molar-refractivity contribution in [2.24, 2.45) is 11.3 Å². The molecular formula is C10H15NO. The zero-order valence-electron chi connectivity index (χ0n) is 7.76. The van der Waals surface area contributed by atoms with Gasteiger partial charge in [-0.3, -0.25) is 4.79 Å². The lowest BCUT2D eigenvalue weighted by Gasteiger charge is -2.33. The predicted octanol–water partition coefficient (Wildman–Crippen LogP) is 2.30. The van der Waals surface area contributed by atoms with Crippen molar-refractivity contribution in [2.75, 3.05) is 0 Å². The third kappa shape index (κ3) is 1.50. The first-order valence-corrected chi connectivity index (χ1v) is 4.55. The molecule has 0 N–H and O–H groups in total. The van der Waals surface area contributed by atoms with E-state index >= 15 is 0 Å². The van der Waals surface area contributed by atoms with E-state index in [0.717, 1.165) is 19.3 Å². The summed E-state index contributed by atoms with van der Waals surface area (Å²) in [6.07, 6.45) is 3.18. The second kappa shape index (κ2) is 3.26. The van der Waals surface area contributed by atoms with E-state index in [2.05, 4.69) is 6.07 Å². The van der Waals surface area contributed by atoms with Crippen molar-refractivity contribution in [3.63, 3.8) is 0 Å². The minimum atomic E-state index is -0.579. The van der Waals surface area contributed by atoms with Crippen molar-refractivity contribution in [1.29, 1.82) is 5.26 Å². The number of carbonyl (C=O) groups excluding carboxylic acids is 1. The van der Waals surface area contributed by atoms with Crippen LogP contribution >= 0.6 is 0 Å². The molecule has 1 rings (SSSR count). The van der Waals surface area contributed by atoms with Crippen molar-refractivity contribution in [2.45, 2.75) is 39.5 Å². The molecule has 0 heterocycles. The zero-order chi connectivity index (χ0) is 9.19. The van der Waals surface area contributed by atoms with Crippen molar-refractivity contribution in [1.82, 2.24) is 0 Å². The molecule has 66 valence electrons. The van der Waals surface area contributed by atoms with Crippen LogP contribution in [0.3, 0.4) is 0 Å². The lowest BCUT2D eigenvalue weighted by Crippen LogP contribution is -2.37. The molecule has 0 aromatic rings. The monoisotopic (exact) mass is 165 g/mol. The van der Waals surface area contributed by atoms with Gasteiger partial charge in [-0.1, -0.05) is 13.8 Å². The molecule has 0 amide bonds. The first kappa shape index (κ1) is 9.25. The number of Topliss-reactive ketones (excluding diaryl/α,β-unsaturated/α-hetero) is 1. The average Bonchev–Trinajstić information content (AvgIpc) is 1.83. The number of rotatable bonds is 3. The first-order valence-electron chi connectivity index (χ1n) is 4.55. The highest BCUT2D eigenvalue weighted by atomic mass is 16.1. The molecule has 2 heteroatoms. The number of ketones is 1. The van der Waals surface area contributed by atoms with Crippen molar-refractivity contribution >= 4 is 5.78 Å². The zero-order valence-corrected chi connectivity index (χ0v) is 7.76. The second-order valence-corrected chi connectivity index (χ2v) is 4.07. The van der Waals surface area contributed by atoms with Crippen LogP contribution in [-0.2, 0) is 4.79 Å². The predicted molar refractivity (Wildman–Crippen MR) is 46.4 cm³/mol. The van der Waals surface area contributed by atoms with Crippen LogP contribution in [0.1, 0.15) is 39.5 Å². The maximum Gasteiger partial charge on any atom is 0.153 e. The summed E-state index contributed by atoms with van der Waals surface area (Å²) < 4.78 is 0. The van der Waals surface area contributed by atoms with E-state index in [4.69, 9.17) is 5.26 Å². The molecule has 2 nitrogen and oxygen atoms in total. The number of nitriles is 1. The Bertz CT molecular complexity index is 220. The van der Waals surface area contributed by atoms with Gasteiger partial charge in [-0.15, -0.1) is 0 Å². The molecule has 1 aliphatic carbocycles. The summed E-state index contributed by atoms with van der Waals surface area (Å²) in [7, 11) is 0. The van der Waals surface area contributed by atoms with Crippen molar-refractivity contribution in [3.8, 4) is 6.07 Å². The Morgan fingerprint density at radius 2 is 2.17 bits per heavy atom. The Morgan fingerprint density at radius 3 is 2.42 bits per heavy atom. The molecular weight excluding hydrogens is 150 g/mol. The van der Waals surface area contributed by atoms with Crippen LogP contribution in [0.2, 0.25) is 0 Å². The van der Waals surface area contributed by atoms with Crippen LogP contribution in [-0.4, -0.2) is 5.78 Å². The highest BCUT2D eigenvalue weighted by Crippen LogP contribution is 2.42. The molecule has 0 aromatic carbocycles. The van der Waals surface area contributed by atoms with Gasteiger partial charge in [0, 0.05) is 6.42 Å². The maximum atomic E-state index is 11.6. The Hall–Kier alpha value is -0.840. The van der Waals surface area contributed by atoms with E-state index in [1.807, 2.05) is 13.8 Å². The standard InChI is InChI=1S/C10H15NO/c1-8(2)6-9(12)10(7-11)4-3-5-10/h8H,3-6H2,1-2H3. The molecule has 0 unspecified atom stereocenters. The summed E-state index contributed by atoms with van der Waals surface area (Å²) in [5.74, 6) is 0.537. The molecule has 0 atom stereocenters. The normalized spacial score (nSPS) is 19.8. The molecule has 0 aromatic heterocycles. The van der Waals surface area contributed by atoms with Gasteiger partial charge in [-0.05, 0) is 25.2 Å². The van der Waals surface area contributed by atoms with Crippen LogP contribution in [0.15, 0.2) is 0 Å². The van der Waals surface area contributed by atoms with E-state index in [9.17, 15) is 4.79 Å². The molecule has 0 spiro atoms. The van der Waals surface area contributed by atoms with Crippen LogP contribution < -0.4 is 0 Å². The van der Waals surface area contributed by atoms with Gasteiger partial charge in [-0.25, -0.2) is 0 Å². The SMILES string of the molecule is CC(C)CC(=O)C1(C#N)CCC1. The molecule has 1 saturated carbocycles. The molecule has 12 heavy (non-hydrogen) atoms. The van der Waals surface area contributed by atoms with Gasteiger partial charge in [0.05, 0.1) is 6.07 Å². The fourth-order valence-corrected chi connectivity index (χ4v) is 1.55.